The second-order valence-corrected chi connectivity index (χ2v) is 6.04. The minimum Gasteiger partial charge on any atom is -0.370 e. The highest BCUT2D eigenvalue weighted by molar-refractivity contribution is 14.0. The Hall–Kier alpha value is -1.54. The molecule has 0 bridgehead atoms. The molecule has 2 aromatic rings. The van der Waals surface area contributed by atoms with Crippen molar-refractivity contribution in [2.45, 2.75) is 26.3 Å². The number of nitrogens with one attached hydrogen (secondary N) is 3. The summed E-state index contributed by atoms with van der Waals surface area (Å²) in [4.78, 5) is 8.84. The van der Waals surface area contributed by atoms with Crippen molar-refractivity contribution in [3.8, 4) is 0 Å². The van der Waals surface area contributed by atoms with E-state index in [2.05, 4.69) is 32.9 Å². The molecule has 0 fully saturated rings. The molecule has 3 N–H and O–H groups in total. The van der Waals surface area contributed by atoms with Gasteiger partial charge in [-0.25, -0.2) is 9.98 Å². The van der Waals surface area contributed by atoms with Crippen molar-refractivity contribution in [1.82, 2.24) is 15.6 Å². The Kier molecular flexibility index (Phi) is 11.8. The highest BCUT2D eigenvalue weighted by atomic mass is 127. The molecule has 1 heterocycles. The van der Waals surface area contributed by atoms with Crippen LogP contribution in [-0.4, -0.2) is 30.6 Å². The summed E-state index contributed by atoms with van der Waals surface area (Å²) in [7, 11) is 0. The molecule has 1 aromatic carbocycles. The maximum Gasteiger partial charge on any atom is 0.191 e. The molecule has 26 heavy (non-hydrogen) atoms. The number of aromatic nitrogens is 1. The van der Waals surface area contributed by atoms with Crippen molar-refractivity contribution < 1.29 is 0 Å². The third-order valence-corrected chi connectivity index (χ3v) is 3.76. The van der Waals surface area contributed by atoms with Gasteiger partial charge in [0, 0.05) is 30.9 Å². The van der Waals surface area contributed by atoms with Gasteiger partial charge in [-0.2, -0.15) is 0 Å². The molecule has 0 saturated heterocycles. The van der Waals surface area contributed by atoms with Crippen molar-refractivity contribution in [1.29, 1.82) is 0 Å². The van der Waals surface area contributed by atoms with Gasteiger partial charge in [-0.3, -0.25) is 0 Å². The van der Waals surface area contributed by atoms with E-state index in [0.29, 0.717) is 6.54 Å². The van der Waals surface area contributed by atoms with E-state index in [-0.39, 0.29) is 24.0 Å². The third-order valence-electron chi connectivity index (χ3n) is 3.52. The standard InChI is InChI=1S/C19H26ClN5.HI/c1-2-21-19(25-15-16-8-7-9-17(20)14-16)24-13-6-5-12-23-18-10-3-4-11-22-18;/h3-4,7-11,14H,2,5-6,12-13,15H2,1H3,(H,22,23)(H2,21,24,25);1H. The molecule has 142 valence electrons. The second kappa shape index (κ2) is 13.6. The number of hydrogen-bond acceptors (Lipinski definition) is 3. The molecule has 0 aliphatic rings. The molecule has 7 heteroatoms. The minimum absolute atomic E-state index is 0. The fraction of sp³-hybridized carbons (Fsp3) is 0.368. The number of hydrogen-bond donors (Lipinski definition) is 3. The molecule has 1 aromatic heterocycles. The van der Waals surface area contributed by atoms with Gasteiger partial charge in [0.05, 0.1) is 6.54 Å². The predicted octanol–water partition coefficient (Wildman–Crippen LogP) is 4.30. The van der Waals surface area contributed by atoms with Crippen LogP contribution in [-0.2, 0) is 6.54 Å². The largest absolute Gasteiger partial charge is 0.370 e. The molecule has 0 unspecified atom stereocenters. The number of unbranched alkanes of at least 4 members (excludes halogenated alkanes) is 1. The van der Waals surface area contributed by atoms with Crippen molar-refractivity contribution in [3.63, 3.8) is 0 Å². The van der Waals surface area contributed by atoms with Gasteiger partial charge in [0.2, 0.25) is 0 Å². The van der Waals surface area contributed by atoms with Gasteiger partial charge in [-0.1, -0.05) is 29.8 Å². The fourth-order valence-corrected chi connectivity index (χ4v) is 2.50. The Labute approximate surface area is 178 Å². The summed E-state index contributed by atoms with van der Waals surface area (Å²) in [5.41, 5.74) is 1.10. The summed E-state index contributed by atoms with van der Waals surface area (Å²) in [6.45, 7) is 5.30. The van der Waals surface area contributed by atoms with Crippen LogP contribution in [0.1, 0.15) is 25.3 Å². The number of pyridine rings is 1. The van der Waals surface area contributed by atoms with Crippen molar-refractivity contribution in [2.75, 3.05) is 25.0 Å². The number of guanidine groups is 1. The zero-order chi connectivity index (χ0) is 17.7. The van der Waals surface area contributed by atoms with E-state index in [1.165, 1.54) is 0 Å². The number of rotatable bonds is 9. The summed E-state index contributed by atoms with van der Waals surface area (Å²) < 4.78 is 0. The van der Waals surface area contributed by atoms with Gasteiger partial charge in [-0.05, 0) is 49.6 Å². The first-order chi connectivity index (χ1) is 12.3. The number of aliphatic imine (C=N–C) groups is 1. The Morgan fingerprint density at radius 3 is 2.65 bits per heavy atom. The molecular formula is C19H27ClIN5. The van der Waals surface area contributed by atoms with Crippen LogP contribution in [0.5, 0.6) is 0 Å². The van der Waals surface area contributed by atoms with Crippen LogP contribution in [0.4, 0.5) is 5.82 Å². The zero-order valence-corrected chi connectivity index (χ0v) is 18.1. The molecule has 0 radical (unpaired) electrons. The molecule has 5 nitrogen and oxygen atoms in total. The average Bonchev–Trinajstić information content (AvgIpc) is 2.63. The molecule has 0 aliphatic carbocycles. The monoisotopic (exact) mass is 487 g/mol. The smallest absolute Gasteiger partial charge is 0.191 e. The lowest BCUT2D eigenvalue weighted by Gasteiger charge is -2.11. The Bertz CT molecular complexity index is 651. The van der Waals surface area contributed by atoms with Crippen LogP contribution >= 0.6 is 35.6 Å². The summed E-state index contributed by atoms with van der Waals surface area (Å²) in [6.07, 6.45) is 3.92. The number of benzene rings is 1. The van der Waals surface area contributed by atoms with Crippen molar-refractivity contribution in [3.05, 3.63) is 59.2 Å². The van der Waals surface area contributed by atoms with Gasteiger partial charge >= 0.3 is 0 Å². The maximum absolute atomic E-state index is 6.01. The van der Waals surface area contributed by atoms with Crippen molar-refractivity contribution >= 4 is 47.4 Å². The lowest BCUT2D eigenvalue weighted by molar-refractivity contribution is 0.712. The summed E-state index contributed by atoms with van der Waals surface area (Å²) in [5.74, 6) is 1.76. The van der Waals surface area contributed by atoms with Gasteiger partial charge in [0.25, 0.3) is 0 Å². The molecule has 0 amide bonds. The van der Waals surface area contributed by atoms with Crippen LogP contribution in [0.2, 0.25) is 5.02 Å². The van der Waals surface area contributed by atoms with E-state index in [0.717, 1.165) is 54.8 Å². The fourth-order valence-electron chi connectivity index (χ4n) is 2.29. The Morgan fingerprint density at radius 1 is 1.08 bits per heavy atom. The summed E-state index contributed by atoms with van der Waals surface area (Å²) >= 11 is 6.01. The first-order valence-corrected chi connectivity index (χ1v) is 9.07. The average molecular weight is 488 g/mol. The lowest BCUT2D eigenvalue weighted by Crippen LogP contribution is -2.37. The van der Waals surface area contributed by atoms with Crippen LogP contribution in [0.25, 0.3) is 0 Å². The van der Waals surface area contributed by atoms with Gasteiger partial charge in [0.15, 0.2) is 5.96 Å². The van der Waals surface area contributed by atoms with Crippen molar-refractivity contribution in [2.24, 2.45) is 4.99 Å². The number of nitrogens with zero attached hydrogens (tertiary/aromatic N) is 2. The topological polar surface area (TPSA) is 61.3 Å². The lowest BCUT2D eigenvalue weighted by atomic mass is 10.2. The Morgan fingerprint density at radius 2 is 1.92 bits per heavy atom. The molecule has 0 saturated carbocycles. The van der Waals surface area contributed by atoms with E-state index in [4.69, 9.17) is 11.6 Å². The Balaban J connectivity index is 0.00000338. The quantitative estimate of drug-likeness (QED) is 0.214. The first kappa shape index (κ1) is 22.5. The molecule has 0 atom stereocenters. The van der Waals surface area contributed by atoms with E-state index >= 15 is 0 Å². The number of halogens is 2. The second-order valence-electron chi connectivity index (χ2n) is 5.60. The van der Waals surface area contributed by atoms with Gasteiger partial charge in [-0.15, -0.1) is 24.0 Å². The predicted molar refractivity (Wildman–Crippen MR) is 122 cm³/mol. The minimum atomic E-state index is 0. The number of anilines is 1. The third kappa shape index (κ3) is 9.24. The van der Waals surface area contributed by atoms with Crippen LogP contribution < -0.4 is 16.0 Å². The molecular weight excluding hydrogens is 461 g/mol. The highest BCUT2D eigenvalue weighted by Crippen LogP contribution is 2.11. The normalized spacial score (nSPS) is 10.8. The first-order valence-electron chi connectivity index (χ1n) is 8.69. The van der Waals surface area contributed by atoms with Crippen LogP contribution in [0.15, 0.2) is 53.7 Å². The summed E-state index contributed by atoms with van der Waals surface area (Å²) in [5, 5.41) is 10.7. The van der Waals surface area contributed by atoms with Crippen LogP contribution in [0, 0.1) is 0 Å². The summed E-state index contributed by atoms with van der Waals surface area (Å²) in [6, 6.07) is 13.7. The van der Waals surface area contributed by atoms with Crippen LogP contribution in [0.3, 0.4) is 0 Å². The molecule has 2 rings (SSSR count). The molecule has 0 spiro atoms. The van der Waals surface area contributed by atoms with Gasteiger partial charge in [0.1, 0.15) is 5.82 Å². The van der Waals surface area contributed by atoms with Gasteiger partial charge < -0.3 is 16.0 Å². The zero-order valence-electron chi connectivity index (χ0n) is 15.0. The highest BCUT2D eigenvalue weighted by Gasteiger charge is 1.98. The van der Waals surface area contributed by atoms with E-state index < -0.39 is 0 Å². The SMILES string of the molecule is CCNC(=NCc1cccc(Cl)c1)NCCCCNc1ccccn1.I. The van der Waals surface area contributed by atoms with E-state index in [1.54, 1.807) is 6.20 Å². The van der Waals surface area contributed by atoms with E-state index in [9.17, 15) is 0 Å². The maximum atomic E-state index is 6.01. The molecule has 0 aliphatic heterocycles. The van der Waals surface area contributed by atoms with E-state index in [1.807, 2.05) is 42.5 Å².